The molecule has 2 heterocycles. The van der Waals surface area contributed by atoms with Gasteiger partial charge in [0.05, 0.1) is 23.8 Å². The summed E-state index contributed by atoms with van der Waals surface area (Å²) < 4.78 is 62.4. The van der Waals surface area contributed by atoms with E-state index in [9.17, 15) is 27.5 Å². The highest BCUT2D eigenvalue weighted by atomic mass is 19.4. The summed E-state index contributed by atoms with van der Waals surface area (Å²) in [5, 5.41) is 10.2. The number of pyridine rings is 1. The van der Waals surface area contributed by atoms with Crippen LogP contribution in [0.5, 0.6) is 11.5 Å². The summed E-state index contributed by atoms with van der Waals surface area (Å²) in [6.45, 7) is 1.67. The van der Waals surface area contributed by atoms with E-state index in [0.29, 0.717) is 22.6 Å². The lowest BCUT2D eigenvalue weighted by atomic mass is 9.66. The molecule has 0 aliphatic carbocycles. The topological polar surface area (TPSA) is 94.7 Å². The number of benzene rings is 2. The number of nitrogens with two attached hydrogens (primary N) is 1. The Balaban J connectivity index is 2.04. The summed E-state index contributed by atoms with van der Waals surface area (Å²) in [4.78, 5) is 16.8. The van der Waals surface area contributed by atoms with E-state index < -0.39 is 35.4 Å². The molecule has 0 unspecified atom stereocenters. The largest absolute Gasteiger partial charge is 0.573 e. The van der Waals surface area contributed by atoms with Gasteiger partial charge in [-0.1, -0.05) is 18.2 Å². The minimum Gasteiger partial charge on any atom is -0.492 e. The van der Waals surface area contributed by atoms with E-state index in [4.69, 9.17) is 10.5 Å². The molecule has 0 saturated carbocycles. The van der Waals surface area contributed by atoms with Gasteiger partial charge in [0, 0.05) is 18.2 Å². The van der Waals surface area contributed by atoms with Crippen molar-refractivity contribution in [3.63, 3.8) is 0 Å². The third-order valence-corrected chi connectivity index (χ3v) is 5.81. The number of halogens is 4. The standard InChI is InChI=1S/C24H20F4N2O4/c1-13(31)14-4-6-16(22(29)32)17(11-14)23(8-10-33-20-3-2-9-30-21(20)23)15-5-7-19(18(25)12-15)34-24(26,27)28/h2-7,9,11-13,31H,8,10H2,1H3,(H2,29,32)/t13-,23-/m0/s1. The smallest absolute Gasteiger partial charge is 0.492 e. The van der Waals surface area contributed by atoms with E-state index in [1.807, 2.05) is 0 Å². The Labute approximate surface area is 191 Å². The molecular weight excluding hydrogens is 456 g/mol. The molecule has 10 heteroatoms. The van der Waals surface area contributed by atoms with Crippen molar-refractivity contribution < 1.29 is 36.9 Å². The number of alkyl halides is 3. The molecule has 0 saturated heterocycles. The molecule has 34 heavy (non-hydrogen) atoms. The number of aliphatic hydroxyl groups excluding tert-OH is 1. The number of fused-ring (bicyclic) bond motifs is 1. The van der Waals surface area contributed by atoms with Gasteiger partial charge in [-0.05, 0) is 53.9 Å². The molecule has 1 aliphatic heterocycles. The summed E-state index contributed by atoms with van der Waals surface area (Å²) in [6.07, 6.45) is -4.32. The average molecular weight is 476 g/mol. The first-order valence-corrected chi connectivity index (χ1v) is 10.3. The first kappa shape index (κ1) is 23.5. The molecule has 0 fully saturated rings. The van der Waals surface area contributed by atoms with Crippen molar-refractivity contribution in [3.05, 3.63) is 88.5 Å². The van der Waals surface area contributed by atoms with Gasteiger partial charge in [0.25, 0.3) is 0 Å². The van der Waals surface area contributed by atoms with Gasteiger partial charge in [-0.3, -0.25) is 9.78 Å². The number of hydrogen-bond donors (Lipinski definition) is 2. The van der Waals surface area contributed by atoms with Gasteiger partial charge in [-0.2, -0.15) is 0 Å². The average Bonchev–Trinajstić information content (AvgIpc) is 2.78. The maximum Gasteiger partial charge on any atom is 0.573 e. The van der Waals surface area contributed by atoms with Crippen LogP contribution in [0.25, 0.3) is 0 Å². The number of carbonyl (C=O) groups is 1. The Morgan fingerprint density at radius 3 is 2.65 bits per heavy atom. The maximum absolute atomic E-state index is 14.9. The molecule has 0 bridgehead atoms. The maximum atomic E-state index is 14.9. The first-order chi connectivity index (χ1) is 16.0. The SMILES string of the molecule is C[C@H](O)c1ccc(C(N)=O)c([C@@]2(c3ccc(OC(F)(F)F)c(F)c3)CCOc3cccnc32)c1. The second kappa shape index (κ2) is 8.60. The van der Waals surface area contributed by atoms with Crippen molar-refractivity contribution in [3.8, 4) is 11.5 Å². The van der Waals surface area contributed by atoms with Crippen LogP contribution in [0.15, 0.2) is 54.7 Å². The van der Waals surface area contributed by atoms with Crippen LogP contribution >= 0.6 is 0 Å². The van der Waals surface area contributed by atoms with Crippen molar-refractivity contribution in [1.29, 1.82) is 0 Å². The van der Waals surface area contributed by atoms with Crippen molar-refractivity contribution >= 4 is 5.91 Å². The fraction of sp³-hybridized carbons (Fsp3) is 0.250. The number of aliphatic hydroxyl groups is 1. The first-order valence-electron chi connectivity index (χ1n) is 10.3. The van der Waals surface area contributed by atoms with Gasteiger partial charge in [0.2, 0.25) is 5.91 Å². The number of carbonyl (C=O) groups excluding carboxylic acids is 1. The number of amides is 1. The van der Waals surface area contributed by atoms with Crippen LogP contribution in [0.3, 0.4) is 0 Å². The Bertz CT molecular complexity index is 1250. The van der Waals surface area contributed by atoms with Gasteiger partial charge in [-0.25, -0.2) is 4.39 Å². The van der Waals surface area contributed by atoms with Crippen LogP contribution in [0.4, 0.5) is 17.6 Å². The van der Waals surface area contributed by atoms with Crippen LogP contribution in [-0.2, 0) is 5.41 Å². The molecule has 1 amide bonds. The summed E-state index contributed by atoms with van der Waals surface area (Å²) >= 11 is 0. The third kappa shape index (κ3) is 4.16. The molecule has 1 aliphatic rings. The lowest BCUT2D eigenvalue weighted by Crippen LogP contribution is -2.38. The predicted octanol–water partition coefficient (Wildman–Crippen LogP) is 4.39. The van der Waals surface area contributed by atoms with E-state index in [-0.39, 0.29) is 24.2 Å². The monoisotopic (exact) mass is 476 g/mol. The normalized spacial score (nSPS) is 18.5. The second-order valence-corrected chi connectivity index (χ2v) is 7.89. The fourth-order valence-electron chi connectivity index (χ4n) is 4.32. The molecule has 4 rings (SSSR count). The number of aromatic nitrogens is 1. The number of ether oxygens (including phenoxy) is 2. The molecule has 2 atom stereocenters. The fourth-order valence-corrected chi connectivity index (χ4v) is 4.32. The van der Waals surface area contributed by atoms with Gasteiger partial charge in [0.1, 0.15) is 5.75 Å². The summed E-state index contributed by atoms with van der Waals surface area (Å²) in [5.41, 5.74) is 5.76. The van der Waals surface area contributed by atoms with Crippen LogP contribution < -0.4 is 15.2 Å². The highest BCUT2D eigenvalue weighted by molar-refractivity contribution is 5.95. The minimum absolute atomic E-state index is 0.0962. The molecule has 3 N–H and O–H groups in total. The predicted molar refractivity (Wildman–Crippen MR) is 113 cm³/mol. The van der Waals surface area contributed by atoms with Gasteiger partial charge in [0.15, 0.2) is 11.6 Å². The van der Waals surface area contributed by atoms with Crippen molar-refractivity contribution in [1.82, 2.24) is 4.98 Å². The van der Waals surface area contributed by atoms with Gasteiger partial charge >= 0.3 is 6.36 Å². The van der Waals surface area contributed by atoms with E-state index in [0.717, 1.165) is 12.1 Å². The minimum atomic E-state index is -5.07. The number of rotatable bonds is 5. The molecular formula is C24H20F4N2O4. The van der Waals surface area contributed by atoms with E-state index in [1.165, 1.54) is 25.3 Å². The highest BCUT2D eigenvalue weighted by Crippen LogP contribution is 2.49. The Morgan fingerprint density at radius 2 is 2.00 bits per heavy atom. The molecule has 3 aromatic rings. The van der Waals surface area contributed by atoms with Crippen LogP contribution in [0, 0.1) is 5.82 Å². The highest BCUT2D eigenvalue weighted by Gasteiger charge is 2.45. The molecule has 0 radical (unpaired) electrons. The van der Waals surface area contributed by atoms with E-state index >= 15 is 0 Å². The van der Waals surface area contributed by atoms with Crippen molar-refractivity contribution in [2.24, 2.45) is 5.73 Å². The van der Waals surface area contributed by atoms with Crippen molar-refractivity contribution in [2.75, 3.05) is 6.61 Å². The lowest BCUT2D eigenvalue weighted by molar-refractivity contribution is -0.275. The summed E-state index contributed by atoms with van der Waals surface area (Å²) in [5.74, 6) is -2.64. The summed E-state index contributed by atoms with van der Waals surface area (Å²) in [6, 6.07) is 10.9. The third-order valence-electron chi connectivity index (χ3n) is 5.81. The van der Waals surface area contributed by atoms with Crippen molar-refractivity contribution in [2.45, 2.75) is 31.2 Å². The second-order valence-electron chi connectivity index (χ2n) is 7.89. The zero-order valence-corrected chi connectivity index (χ0v) is 17.9. The Kier molecular flexibility index (Phi) is 5.94. The lowest BCUT2D eigenvalue weighted by Gasteiger charge is -2.40. The van der Waals surface area contributed by atoms with E-state index in [1.54, 1.807) is 24.3 Å². The Morgan fingerprint density at radius 1 is 1.24 bits per heavy atom. The molecule has 6 nitrogen and oxygen atoms in total. The van der Waals surface area contributed by atoms with Crippen LogP contribution in [0.2, 0.25) is 0 Å². The quantitative estimate of drug-likeness (QED) is 0.533. The van der Waals surface area contributed by atoms with E-state index in [2.05, 4.69) is 9.72 Å². The number of primary amides is 1. The zero-order valence-electron chi connectivity index (χ0n) is 17.9. The number of nitrogens with zero attached hydrogens (tertiary/aromatic N) is 1. The summed E-state index contributed by atoms with van der Waals surface area (Å²) in [7, 11) is 0. The zero-order chi connectivity index (χ0) is 24.7. The van der Waals surface area contributed by atoms with Crippen LogP contribution in [-0.4, -0.2) is 29.0 Å². The molecule has 178 valence electrons. The molecule has 1 aromatic heterocycles. The number of hydrogen-bond acceptors (Lipinski definition) is 5. The molecule has 2 aromatic carbocycles. The van der Waals surface area contributed by atoms with Gasteiger partial charge in [-0.15, -0.1) is 13.2 Å². The molecule has 0 spiro atoms. The van der Waals surface area contributed by atoms with Crippen LogP contribution in [0.1, 0.15) is 52.2 Å². The Hall–Kier alpha value is -3.66. The van der Waals surface area contributed by atoms with Gasteiger partial charge < -0.3 is 20.3 Å².